The van der Waals surface area contributed by atoms with Crippen LogP contribution >= 0.6 is 0 Å². The highest BCUT2D eigenvalue weighted by Crippen LogP contribution is 2.38. The first kappa shape index (κ1) is 35.9. The van der Waals surface area contributed by atoms with Crippen molar-refractivity contribution in [2.75, 3.05) is 4.90 Å². The van der Waals surface area contributed by atoms with Crippen LogP contribution < -0.4 is 4.90 Å². The summed E-state index contributed by atoms with van der Waals surface area (Å²) >= 11 is 0. The number of likely N-dealkylation sites (tertiary alicyclic amines) is 1. The summed E-state index contributed by atoms with van der Waals surface area (Å²) in [6, 6.07) is 0.318. The quantitative estimate of drug-likeness (QED) is 0.229. The van der Waals surface area contributed by atoms with Gasteiger partial charge in [-0.1, -0.05) is 13.8 Å². The number of carbonyl (C=O) groups is 2. The first-order chi connectivity index (χ1) is 23.2. The van der Waals surface area contributed by atoms with Crippen LogP contribution in [0.15, 0.2) is 49.3 Å². The van der Waals surface area contributed by atoms with Crippen LogP contribution in [0, 0.1) is 5.92 Å². The first-order valence-corrected chi connectivity index (χ1v) is 16.2. The van der Waals surface area contributed by atoms with E-state index in [4.69, 9.17) is 4.74 Å². The van der Waals surface area contributed by atoms with Gasteiger partial charge in [-0.05, 0) is 75.1 Å². The Bertz CT molecular complexity index is 1530. The zero-order chi connectivity index (χ0) is 35.5. The Hall–Kier alpha value is -4.37. The number of benzene rings is 1. The zero-order valence-corrected chi connectivity index (χ0v) is 27.0. The van der Waals surface area contributed by atoms with E-state index in [0.717, 1.165) is 0 Å². The maximum Gasteiger partial charge on any atom is 0.416 e. The molecule has 1 N–H and O–H groups in total. The van der Waals surface area contributed by atoms with Crippen LogP contribution in [-0.2, 0) is 28.4 Å². The van der Waals surface area contributed by atoms with Gasteiger partial charge in [0.05, 0.1) is 41.5 Å². The summed E-state index contributed by atoms with van der Waals surface area (Å²) in [5.41, 5.74) is -2.50. The van der Waals surface area contributed by atoms with E-state index in [1.807, 2.05) is 13.8 Å². The number of anilines is 1. The summed E-state index contributed by atoms with van der Waals surface area (Å²) < 4.78 is 90.2. The van der Waals surface area contributed by atoms with Crippen LogP contribution in [0.25, 0.3) is 5.69 Å². The van der Waals surface area contributed by atoms with E-state index < -0.39 is 53.6 Å². The maximum atomic E-state index is 13.8. The van der Waals surface area contributed by atoms with Crippen molar-refractivity contribution in [3.63, 3.8) is 0 Å². The average Bonchev–Trinajstić information content (AvgIpc) is 3.61. The summed E-state index contributed by atoms with van der Waals surface area (Å²) in [5.74, 6) is -1.23. The summed E-state index contributed by atoms with van der Waals surface area (Å²) in [7, 11) is 0. The van der Waals surface area contributed by atoms with E-state index in [-0.39, 0.29) is 36.2 Å². The van der Waals surface area contributed by atoms with Crippen molar-refractivity contribution in [3.05, 3.63) is 66.0 Å². The third-order valence-electron chi connectivity index (χ3n) is 9.44. The number of ether oxygens (including phenoxy) is 1. The van der Waals surface area contributed by atoms with Crippen molar-refractivity contribution in [1.82, 2.24) is 24.4 Å². The van der Waals surface area contributed by atoms with Crippen LogP contribution in [0.5, 0.6) is 0 Å². The predicted molar refractivity (Wildman–Crippen MR) is 165 cm³/mol. The van der Waals surface area contributed by atoms with E-state index in [0.29, 0.717) is 69.2 Å². The second kappa shape index (κ2) is 14.6. The van der Waals surface area contributed by atoms with Crippen LogP contribution in [-0.4, -0.2) is 65.8 Å². The van der Waals surface area contributed by atoms with Gasteiger partial charge in [-0.15, -0.1) is 0 Å². The second-order valence-corrected chi connectivity index (χ2v) is 12.6. The summed E-state index contributed by atoms with van der Waals surface area (Å²) in [4.78, 5) is 41.2. The normalized spacial score (nSPS) is 23.3. The number of aliphatic carboxylic acids is 1. The molecule has 1 saturated carbocycles. The molecule has 1 saturated heterocycles. The highest BCUT2D eigenvalue weighted by atomic mass is 19.4. The Balaban J connectivity index is 1.45. The molecule has 0 radical (unpaired) electrons. The number of carboxylic acids is 1. The lowest BCUT2D eigenvalue weighted by Crippen LogP contribution is -2.57. The third-order valence-corrected chi connectivity index (χ3v) is 9.44. The van der Waals surface area contributed by atoms with E-state index in [9.17, 15) is 41.0 Å². The molecule has 1 amide bonds. The molecule has 3 heterocycles. The number of halogens is 6. The molecule has 3 aromatic rings. The number of amides is 1. The van der Waals surface area contributed by atoms with Gasteiger partial charge in [-0.2, -0.15) is 26.3 Å². The number of hydrogen-bond donors (Lipinski definition) is 1. The smallest absolute Gasteiger partial charge is 0.416 e. The Morgan fingerprint density at radius 2 is 1.49 bits per heavy atom. The molecule has 2 aliphatic rings. The number of imidazole rings is 1. The van der Waals surface area contributed by atoms with Gasteiger partial charge in [0.15, 0.2) is 0 Å². The van der Waals surface area contributed by atoms with Crippen LogP contribution in [0.3, 0.4) is 0 Å². The molecule has 10 nitrogen and oxygen atoms in total. The molecule has 2 fully saturated rings. The highest BCUT2D eigenvalue weighted by molar-refractivity contribution is 5.70. The van der Waals surface area contributed by atoms with Gasteiger partial charge in [0.2, 0.25) is 5.95 Å². The van der Waals surface area contributed by atoms with Crippen LogP contribution in [0.4, 0.5) is 37.1 Å². The molecule has 1 aromatic carbocycles. The Kier molecular flexibility index (Phi) is 10.7. The van der Waals surface area contributed by atoms with Gasteiger partial charge < -0.3 is 24.2 Å². The van der Waals surface area contributed by atoms with Gasteiger partial charge in [0, 0.05) is 37.1 Å². The van der Waals surface area contributed by atoms with Crippen molar-refractivity contribution in [2.45, 2.75) is 108 Å². The molecule has 0 bridgehead atoms. The zero-order valence-electron chi connectivity index (χ0n) is 27.0. The number of hydrogen-bond acceptors (Lipinski definition) is 7. The maximum absolute atomic E-state index is 13.8. The molecule has 16 heteroatoms. The molecule has 49 heavy (non-hydrogen) atoms. The van der Waals surface area contributed by atoms with E-state index in [2.05, 4.69) is 15.0 Å². The van der Waals surface area contributed by atoms with Gasteiger partial charge >= 0.3 is 24.4 Å². The number of carbonyl (C=O) groups excluding carboxylic acids is 1. The number of aromatic nitrogens is 4. The highest BCUT2D eigenvalue weighted by Gasteiger charge is 2.42. The molecule has 1 aliphatic carbocycles. The Labute approximate surface area is 279 Å². The minimum absolute atomic E-state index is 0.0999. The van der Waals surface area contributed by atoms with E-state index in [1.165, 1.54) is 18.7 Å². The van der Waals surface area contributed by atoms with Crippen LogP contribution in [0.2, 0.25) is 0 Å². The van der Waals surface area contributed by atoms with Crippen LogP contribution in [0.1, 0.15) is 81.9 Å². The largest absolute Gasteiger partial charge is 0.481 e. The standard InChI is InChI=1S/C33H38F6N6O4/c1-3-24-14-26(15-25(4-2)45(24)31(48)49-28-7-5-21(6-8-28)29(46)47)44(30-41-16-27(17-42-30)43-10-9-40-19-43)18-20-11-22(32(34,35)36)13-23(12-20)33(37,38)39/h9-13,16-17,19,21,24-26,28H,3-8,14-15,18H2,1-2H3,(H,46,47). The average molecular weight is 697 g/mol. The number of nitrogens with zero attached hydrogens (tertiary/aromatic N) is 6. The molecule has 2 aromatic heterocycles. The SMILES string of the molecule is CCC1CC(N(Cc2cc(C(F)(F)F)cc(C(F)(F)F)c2)c2ncc(-n3ccnc3)cn2)CC(CC)N1C(=O)OC1CCC(C(=O)O)CC1. The van der Waals surface area contributed by atoms with Crippen molar-refractivity contribution in [3.8, 4) is 5.69 Å². The molecular formula is C33H38F6N6O4. The van der Waals surface area contributed by atoms with Gasteiger partial charge in [-0.25, -0.2) is 19.7 Å². The topological polar surface area (TPSA) is 114 Å². The Morgan fingerprint density at radius 3 is 1.96 bits per heavy atom. The van der Waals surface area contributed by atoms with Gasteiger partial charge in [-0.3, -0.25) is 4.79 Å². The first-order valence-electron chi connectivity index (χ1n) is 16.2. The third kappa shape index (κ3) is 8.44. The number of alkyl halides is 6. The molecule has 1 aliphatic heterocycles. The van der Waals surface area contributed by atoms with E-state index in [1.54, 1.807) is 26.8 Å². The molecule has 266 valence electrons. The van der Waals surface area contributed by atoms with Crippen molar-refractivity contribution >= 4 is 18.0 Å². The van der Waals surface area contributed by atoms with Crippen molar-refractivity contribution < 1.29 is 45.8 Å². The van der Waals surface area contributed by atoms with Crippen molar-refractivity contribution in [2.24, 2.45) is 5.92 Å². The van der Waals surface area contributed by atoms with E-state index >= 15 is 0 Å². The lowest BCUT2D eigenvalue weighted by atomic mass is 9.87. The van der Waals surface area contributed by atoms with Crippen molar-refractivity contribution in [1.29, 1.82) is 0 Å². The summed E-state index contributed by atoms with van der Waals surface area (Å²) in [6.45, 7) is 3.43. The fraction of sp³-hybridized carbons (Fsp3) is 0.545. The fourth-order valence-electron chi connectivity index (χ4n) is 6.84. The van der Waals surface area contributed by atoms with Gasteiger partial charge in [0.25, 0.3) is 0 Å². The lowest BCUT2D eigenvalue weighted by Gasteiger charge is -2.47. The predicted octanol–water partition coefficient (Wildman–Crippen LogP) is 7.51. The monoisotopic (exact) mass is 696 g/mol. The fourth-order valence-corrected chi connectivity index (χ4v) is 6.84. The second-order valence-electron chi connectivity index (χ2n) is 12.6. The molecular weight excluding hydrogens is 658 g/mol. The van der Waals surface area contributed by atoms with Gasteiger partial charge in [0.1, 0.15) is 6.10 Å². The minimum Gasteiger partial charge on any atom is -0.481 e. The molecule has 5 rings (SSSR count). The minimum atomic E-state index is -5.01. The summed E-state index contributed by atoms with van der Waals surface area (Å²) in [6.07, 6.45) is 0.119. The number of piperidine rings is 1. The number of rotatable bonds is 9. The lowest BCUT2D eigenvalue weighted by molar-refractivity contribution is -0.144. The number of carboxylic acid groups (broad SMARTS) is 1. The Morgan fingerprint density at radius 1 is 0.918 bits per heavy atom. The summed E-state index contributed by atoms with van der Waals surface area (Å²) in [5, 5.41) is 9.31. The molecule has 2 unspecified atom stereocenters. The molecule has 0 spiro atoms. The molecule has 2 atom stereocenters.